The molecule has 1 saturated heterocycles. The van der Waals surface area contributed by atoms with E-state index in [4.69, 9.17) is 4.52 Å². The van der Waals surface area contributed by atoms with E-state index in [2.05, 4.69) is 27.3 Å². The van der Waals surface area contributed by atoms with Crippen LogP contribution in [-0.4, -0.2) is 32.5 Å². The Kier molecular flexibility index (Phi) is 4.26. The van der Waals surface area contributed by atoms with Crippen LogP contribution in [0.25, 0.3) is 10.9 Å². The van der Waals surface area contributed by atoms with Crippen LogP contribution in [0.3, 0.4) is 0 Å². The summed E-state index contributed by atoms with van der Waals surface area (Å²) in [6.45, 7) is 2.75. The minimum absolute atomic E-state index is 0.0421. The van der Waals surface area contributed by atoms with Crippen LogP contribution in [-0.2, 0) is 17.6 Å². The predicted molar refractivity (Wildman–Crippen MR) is 94.0 cm³/mol. The van der Waals surface area contributed by atoms with Gasteiger partial charge in [-0.3, -0.25) is 4.79 Å². The number of amides is 1. The summed E-state index contributed by atoms with van der Waals surface area (Å²) in [5.41, 5.74) is 2.30. The molecule has 6 heteroatoms. The highest BCUT2D eigenvalue weighted by Crippen LogP contribution is 2.31. The minimum Gasteiger partial charge on any atom is -0.361 e. The molecule has 1 fully saturated rings. The summed E-state index contributed by atoms with van der Waals surface area (Å²) in [4.78, 5) is 22.4. The quantitative estimate of drug-likeness (QED) is 0.773. The van der Waals surface area contributed by atoms with Gasteiger partial charge in [-0.1, -0.05) is 30.3 Å². The number of para-hydroxylation sites is 1. The summed E-state index contributed by atoms with van der Waals surface area (Å²) in [5, 5.41) is 5.26. The predicted octanol–water partition coefficient (Wildman–Crippen LogP) is 3.41. The lowest BCUT2D eigenvalue weighted by Gasteiger charge is -2.22. The van der Waals surface area contributed by atoms with Gasteiger partial charge in [-0.25, -0.2) is 0 Å². The molecule has 2 aromatic heterocycles. The number of aromatic amines is 1. The first kappa shape index (κ1) is 15.9. The smallest absolute Gasteiger partial charge is 0.226 e. The zero-order valence-corrected chi connectivity index (χ0v) is 14.4. The van der Waals surface area contributed by atoms with E-state index in [0.717, 1.165) is 31.3 Å². The molecule has 4 rings (SSSR count). The molecule has 25 heavy (non-hydrogen) atoms. The highest BCUT2D eigenvalue weighted by molar-refractivity contribution is 5.84. The number of aromatic nitrogens is 3. The lowest BCUT2D eigenvalue weighted by molar-refractivity contribution is -0.132. The van der Waals surface area contributed by atoms with Crippen LogP contribution in [0.15, 0.2) is 35.0 Å². The van der Waals surface area contributed by atoms with Crippen LogP contribution in [0.5, 0.6) is 0 Å². The first-order chi connectivity index (χ1) is 12.3. The largest absolute Gasteiger partial charge is 0.361 e. The van der Waals surface area contributed by atoms with Crippen LogP contribution in [0.1, 0.15) is 49.5 Å². The van der Waals surface area contributed by atoms with Crippen molar-refractivity contribution in [3.8, 4) is 0 Å². The van der Waals surface area contributed by atoms with Gasteiger partial charge in [0, 0.05) is 36.5 Å². The lowest BCUT2D eigenvalue weighted by atomic mass is 10.1. The molecule has 1 aliphatic rings. The van der Waals surface area contributed by atoms with Crippen molar-refractivity contribution in [1.29, 1.82) is 0 Å². The highest BCUT2D eigenvalue weighted by Gasteiger charge is 2.33. The molecular weight excluding hydrogens is 316 g/mol. The average Bonchev–Trinajstić information content (AvgIpc) is 3.37. The van der Waals surface area contributed by atoms with E-state index >= 15 is 0 Å². The van der Waals surface area contributed by atoms with Gasteiger partial charge >= 0.3 is 0 Å². The molecule has 0 aliphatic carbocycles. The van der Waals surface area contributed by atoms with E-state index in [0.29, 0.717) is 24.6 Å². The Hall–Kier alpha value is -2.63. The number of rotatable bonds is 5. The topological polar surface area (TPSA) is 75.0 Å². The van der Waals surface area contributed by atoms with E-state index in [9.17, 15) is 4.79 Å². The number of H-pyrrole nitrogens is 1. The van der Waals surface area contributed by atoms with Crippen LogP contribution in [0.2, 0.25) is 0 Å². The number of benzene rings is 1. The monoisotopic (exact) mass is 338 g/mol. The molecule has 6 nitrogen and oxygen atoms in total. The Balaban J connectivity index is 1.45. The Labute approximate surface area is 146 Å². The highest BCUT2D eigenvalue weighted by atomic mass is 16.5. The molecular formula is C19H22N4O2. The molecule has 1 N–H and O–H groups in total. The molecule has 1 amide bonds. The number of carbonyl (C=O) groups excluding carboxylic acids is 1. The molecule has 1 aromatic carbocycles. The number of nitrogens with zero attached hydrogens (tertiary/aromatic N) is 3. The second kappa shape index (κ2) is 6.70. The van der Waals surface area contributed by atoms with Crippen molar-refractivity contribution >= 4 is 16.8 Å². The zero-order chi connectivity index (χ0) is 17.2. The number of nitrogens with one attached hydrogen (secondary N) is 1. The van der Waals surface area contributed by atoms with Gasteiger partial charge in [0.15, 0.2) is 5.82 Å². The molecule has 0 unspecified atom stereocenters. The molecule has 0 saturated carbocycles. The molecule has 0 bridgehead atoms. The molecule has 0 radical (unpaired) electrons. The third kappa shape index (κ3) is 3.04. The summed E-state index contributed by atoms with van der Waals surface area (Å²) in [5.74, 6) is 1.44. The fourth-order valence-corrected chi connectivity index (χ4v) is 3.60. The van der Waals surface area contributed by atoms with Gasteiger partial charge in [0.25, 0.3) is 0 Å². The van der Waals surface area contributed by atoms with Crippen LogP contribution in [0.4, 0.5) is 0 Å². The van der Waals surface area contributed by atoms with E-state index in [1.807, 2.05) is 30.2 Å². The van der Waals surface area contributed by atoms with Crippen molar-refractivity contribution in [2.24, 2.45) is 0 Å². The molecule has 3 aromatic rings. The maximum atomic E-state index is 12.8. The average molecular weight is 338 g/mol. The number of aryl methyl sites for hydroxylation is 2. The van der Waals surface area contributed by atoms with Gasteiger partial charge in [-0.15, -0.1) is 0 Å². The number of fused-ring (bicyclic) bond motifs is 1. The number of carbonyl (C=O) groups is 1. The number of hydrogen-bond acceptors (Lipinski definition) is 4. The summed E-state index contributed by atoms with van der Waals surface area (Å²) < 4.78 is 5.22. The third-order valence-electron chi connectivity index (χ3n) is 4.94. The van der Waals surface area contributed by atoms with E-state index in [-0.39, 0.29) is 11.9 Å². The molecule has 130 valence electrons. The van der Waals surface area contributed by atoms with Gasteiger partial charge in [-0.05, 0) is 30.9 Å². The van der Waals surface area contributed by atoms with Gasteiger partial charge in [0.1, 0.15) is 0 Å². The summed E-state index contributed by atoms with van der Waals surface area (Å²) in [7, 11) is 0. The van der Waals surface area contributed by atoms with Gasteiger partial charge in [-0.2, -0.15) is 4.98 Å². The Bertz CT molecular complexity index is 882. The fourth-order valence-electron chi connectivity index (χ4n) is 3.60. The first-order valence-electron chi connectivity index (χ1n) is 8.93. The van der Waals surface area contributed by atoms with E-state index in [1.165, 1.54) is 10.9 Å². The Morgan fingerprint density at radius 1 is 1.40 bits per heavy atom. The third-order valence-corrected chi connectivity index (χ3v) is 4.94. The summed E-state index contributed by atoms with van der Waals surface area (Å²) in [6, 6.07) is 8.14. The maximum absolute atomic E-state index is 12.8. The molecule has 0 spiro atoms. The van der Waals surface area contributed by atoms with Crippen molar-refractivity contribution in [1.82, 2.24) is 20.0 Å². The van der Waals surface area contributed by atoms with Crippen molar-refractivity contribution < 1.29 is 9.32 Å². The fraction of sp³-hybridized carbons (Fsp3) is 0.421. The first-order valence-corrected chi connectivity index (χ1v) is 8.93. The Morgan fingerprint density at radius 3 is 3.12 bits per heavy atom. The summed E-state index contributed by atoms with van der Waals surface area (Å²) >= 11 is 0. The SMILES string of the molecule is CCc1nc([C@@H]2CCCN2C(=O)CCc2c[nH]c3ccccc23)no1. The summed E-state index contributed by atoms with van der Waals surface area (Å²) in [6.07, 6.45) is 5.84. The van der Waals surface area contributed by atoms with Gasteiger partial charge in [0.05, 0.1) is 6.04 Å². The minimum atomic E-state index is -0.0421. The Morgan fingerprint density at radius 2 is 2.28 bits per heavy atom. The number of likely N-dealkylation sites (tertiary alicyclic amines) is 1. The van der Waals surface area contributed by atoms with Crippen molar-refractivity contribution in [2.45, 2.75) is 45.1 Å². The van der Waals surface area contributed by atoms with Crippen molar-refractivity contribution in [3.63, 3.8) is 0 Å². The van der Waals surface area contributed by atoms with Gasteiger partial charge < -0.3 is 14.4 Å². The van der Waals surface area contributed by atoms with Crippen molar-refractivity contribution in [3.05, 3.63) is 47.7 Å². The maximum Gasteiger partial charge on any atom is 0.226 e. The molecule has 1 atom stereocenters. The van der Waals surface area contributed by atoms with Crippen molar-refractivity contribution in [2.75, 3.05) is 6.54 Å². The zero-order valence-electron chi connectivity index (χ0n) is 14.4. The normalized spacial score (nSPS) is 17.5. The van der Waals surface area contributed by atoms with Crippen LogP contribution < -0.4 is 0 Å². The lowest BCUT2D eigenvalue weighted by Crippen LogP contribution is -2.31. The van der Waals surface area contributed by atoms with Crippen LogP contribution in [0, 0.1) is 0 Å². The van der Waals surface area contributed by atoms with Gasteiger partial charge in [0.2, 0.25) is 11.8 Å². The molecule has 1 aliphatic heterocycles. The van der Waals surface area contributed by atoms with E-state index < -0.39 is 0 Å². The standard InChI is InChI=1S/C19H22N4O2/c1-2-17-21-19(22-25-17)16-8-5-11-23(16)18(24)10-9-13-12-20-15-7-4-3-6-14(13)15/h3-4,6-7,12,16,20H,2,5,8-11H2,1H3/t16-/m0/s1. The van der Waals surface area contributed by atoms with Crippen LogP contribution >= 0.6 is 0 Å². The second-order valence-electron chi connectivity index (χ2n) is 6.50. The molecule has 3 heterocycles. The van der Waals surface area contributed by atoms with E-state index in [1.54, 1.807) is 0 Å². The number of hydrogen-bond donors (Lipinski definition) is 1. The second-order valence-corrected chi connectivity index (χ2v) is 6.50.